The first-order chi connectivity index (χ1) is 8.88. The molecular formula is C12H23ClN4O2S. The Kier molecular flexibility index (Phi) is 6.00. The lowest BCUT2D eigenvalue weighted by Gasteiger charge is -2.10. The highest BCUT2D eigenvalue weighted by atomic mass is 35.5. The third kappa shape index (κ3) is 4.73. The van der Waals surface area contributed by atoms with Crippen molar-refractivity contribution in [1.29, 1.82) is 0 Å². The van der Waals surface area contributed by atoms with E-state index in [0.29, 0.717) is 11.8 Å². The summed E-state index contributed by atoms with van der Waals surface area (Å²) in [7, 11) is -3.54. The normalized spacial score (nSPS) is 17.0. The van der Waals surface area contributed by atoms with Crippen molar-refractivity contribution in [2.24, 2.45) is 17.6 Å². The zero-order valence-corrected chi connectivity index (χ0v) is 13.5. The van der Waals surface area contributed by atoms with E-state index in [9.17, 15) is 8.42 Å². The molecule has 1 saturated carbocycles. The molecule has 0 saturated heterocycles. The molecule has 1 heterocycles. The molecule has 0 radical (unpaired) electrons. The summed E-state index contributed by atoms with van der Waals surface area (Å²) in [4.78, 5) is 3.95. The molecule has 1 unspecified atom stereocenters. The monoisotopic (exact) mass is 322 g/mol. The summed E-state index contributed by atoms with van der Waals surface area (Å²) < 4.78 is 28.4. The van der Waals surface area contributed by atoms with Crippen molar-refractivity contribution in [2.75, 3.05) is 6.54 Å². The molecule has 1 fully saturated rings. The molecule has 0 spiro atoms. The highest BCUT2D eigenvalue weighted by molar-refractivity contribution is 7.89. The van der Waals surface area contributed by atoms with E-state index in [1.54, 1.807) is 17.1 Å². The van der Waals surface area contributed by atoms with Gasteiger partial charge in [0.2, 0.25) is 0 Å². The summed E-state index contributed by atoms with van der Waals surface area (Å²) in [5.74, 6) is 0.919. The molecule has 1 aromatic heterocycles. The zero-order chi connectivity index (χ0) is 14.0. The van der Waals surface area contributed by atoms with E-state index in [1.165, 1.54) is 0 Å². The third-order valence-electron chi connectivity index (χ3n) is 3.20. The molecule has 20 heavy (non-hydrogen) atoms. The fraction of sp³-hybridized carbons (Fsp3) is 0.750. The number of hydrogen-bond acceptors (Lipinski definition) is 4. The van der Waals surface area contributed by atoms with Gasteiger partial charge in [-0.2, -0.15) is 0 Å². The summed E-state index contributed by atoms with van der Waals surface area (Å²) in [5, 5.41) is 0.0659. The van der Waals surface area contributed by atoms with Crippen LogP contribution in [0.3, 0.4) is 0 Å². The van der Waals surface area contributed by atoms with Gasteiger partial charge in [0.1, 0.15) is 0 Å². The van der Waals surface area contributed by atoms with Gasteiger partial charge in [-0.3, -0.25) is 0 Å². The highest BCUT2D eigenvalue weighted by Crippen LogP contribution is 2.31. The number of nitrogens with zero attached hydrogens (tertiary/aromatic N) is 2. The van der Waals surface area contributed by atoms with Crippen LogP contribution in [0.4, 0.5) is 0 Å². The molecule has 6 nitrogen and oxygen atoms in total. The maximum atomic E-state index is 12.0. The standard InChI is InChI=1S/C12H22N4O2S.ClH/c1-9(2)6-16-7-12(14-8-16)19(17,18)15-5-11(13)10-3-4-10;/h7-11,15H,3-6,13H2,1-2H3;1H. The molecule has 0 amide bonds. The van der Waals surface area contributed by atoms with Gasteiger partial charge < -0.3 is 10.3 Å². The fourth-order valence-electron chi connectivity index (χ4n) is 1.97. The number of imidazole rings is 1. The summed E-state index contributed by atoms with van der Waals surface area (Å²) in [6.07, 6.45) is 5.32. The van der Waals surface area contributed by atoms with Crippen LogP contribution in [0.2, 0.25) is 0 Å². The van der Waals surface area contributed by atoms with E-state index in [2.05, 4.69) is 23.6 Å². The smallest absolute Gasteiger partial charge is 0.259 e. The van der Waals surface area contributed by atoms with Crippen molar-refractivity contribution < 1.29 is 8.42 Å². The second kappa shape index (κ2) is 6.89. The van der Waals surface area contributed by atoms with Crippen LogP contribution < -0.4 is 10.5 Å². The minimum Gasteiger partial charge on any atom is -0.336 e. The predicted molar refractivity (Wildman–Crippen MR) is 80.2 cm³/mol. The predicted octanol–water partition coefficient (Wildman–Crippen LogP) is 0.976. The van der Waals surface area contributed by atoms with Gasteiger partial charge in [0, 0.05) is 25.3 Å². The molecule has 1 aliphatic carbocycles. The maximum absolute atomic E-state index is 12.0. The zero-order valence-electron chi connectivity index (χ0n) is 11.8. The molecule has 0 aliphatic heterocycles. The lowest BCUT2D eigenvalue weighted by atomic mass is 10.2. The fourth-order valence-corrected chi connectivity index (χ4v) is 2.99. The summed E-state index contributed by atoms with van der Waals surface area (Å²) in [5.41, 5.74) is 5.88. The summed E-state index contributed by atoms with van der Waals surface area (Å²) in [6.45, 7) is 5.18. The quantitative estimate of drug-likeness (QED) is 0.783. The van der Waals surface area contributed by atoms with Gasteiger partial charge in [-0.25, -0.2) is 18.1 Å². The first-order valence-corrected chi connectivity index (χ1v) is 8.14. The molecule has 2 rings (SSSR count). The summed E-state index contributed by atoms with van der Waals surface area (Å²) >= 11 is 0. The van der Waals surface area contributed by atoms with Crippen molar-refractivity contribution >= 4 is 22.4 Å². The molecule has 1 aromatic rings. The van der Waals surface area contributed by atoms with Gasteiger partial charge in [-0.15, -0.1) is 12.4 Å². The van der Waals surface area contributed by atoms with Crippen molar-refractivity contribution in [3.63, 3.8) is 0 Å². The number of nitrogens with two attached hydrogens (primary N) is 1. The van der Waals surface area contributed by atoms with Crippen LogP contribution in [0.15, 0.2) is 17.6 Å². The average molecular weight is 323 g/mol. The molecule has 116 valence electrons. The lowest BCUT2D eigenvalue weighted by molar-refractivity contribution is 0.521. The Morgan fingerprint density at radius 2 is 2.15 bits per heavy atom. The number of rotatable bonds is 7. The minimum atomic E-state index is -3.54. The second-order valence-corrected chi connectivity index (χ2v) is 7.37. The number of sulfonamides is 1. The number of halogens is 1. The molecule has 1 aliphatic rings. The first-order valence-electron chi connectivity index (χ1n) is 6.65. The van der Waals surface area contributed by atoms with Crippen LogP contribution >= 0.6 is 12.4 Å². The topological polar surface area (TPSA) is 90.0 Å². The maximum Gasteiger partial charge on any atom is 0.259 e. The van der Waals surface area contributed by atoms with E-state index in [0.717, 1.165) is 19.4 Å². The average Bonchev–Trinajstić information content (AvgIpc) is 3.06. The SMILES string of the molecule is CC(C)Cn1cnc(S(=O)(=O)NCC(N)C2CC2)c1.Cl. The Morgan fingerprint density at radius 3 is 2.70 bits per heavy atom. The van der Waals surface area contributed by atoms with Gasteiger partial charge in [-0.1, -0.05) is 13.8 Å². The second-order valence-electron chi connectivity index (χ2n) is 5.66. The lowest BCUT2D eigenvalue weighted by Crippen LogP contribution is -2.38. The van der Waals surface area contributed by atoms with Crippen LogP contribution in [0.25, 0.3) is 0 Å². The number of aromatic nitrogens is 2. The number of hydrogen-bond donors (Lipinski definition) is 2. The Labute approximate surface area is 126 Å². The van der Waals surface area contributed by atoms with Crippen molar-refractivity contribution in [1.82, 2.24) is 14.3 Å². The number of nitrogens with one attached hydrogen (secondary N) is 1. The van der Waals surface area contributed by atoms with Gasteiger partial charge in [0.05, 0.1) is 6.33 Å². The van der Waals surface area contributed by atoms with Crippen molar-refractivity contribution in [2.45, 2.75) is 44.3 Å². The Hall–Kier alpha value is -0.630. The van der Waals surface area contributed by atoms with Crippen LogP contribution in [-0.2, 0) is 16.6 Å². The first kappa shape index (κ1) is 17.4. The largest absolute Gasteiger partial charge is 0.336 e. The van der Waals surface area contributed by atoms with Crippen molar-refractivity contribution in [3.8, 4) is 0 Å². The van der Waals surface area contributed by atoms with Crippen LogP contribution in [0.5, 0.6) is 0 Å². The van der Waals surface area contributed by atoms with Gasteiger partial charge >= 0.3 is 0 Å². The molecular weight excluding hydrogens is 300 g/mol. The van der Waals surface area contributed by atoms with E-state index in [-0.39, 0.29) is 30.0 Å². The molecule has 1 atom stereocenters. The van der Waals surface area contributed by atoms with Gasteiger partial charge in [0.15, 0.2) is 5.03 Å². The minimum absolute atomic E-state index is 0. The van der Waals surface area contributed by atoms with E-state index in [1.807, 2.05) is 0 Å². The van der Waals surface area contributed by atoms with E-state index < -0.39 is 10.0 Å². The molecule has 0 bridgehead atoms. The Morgan fingerprint density at radius 1 is 1.50 bits per heavy atom. The molecule has 0 aromatic carbocycles. The highest BCUT2D eigenvalue weighted by Gasteiger charge is 2.29. The Balaban J connectivity index is 0.00000200. The van der Waals surface area contributed by atoms with Crippen LogP contribution in [0.1, 0.15) is 26.7 Å². The van der Waals surface area contributed by atoms with E-state index >= 15 is 0 Å². The van der Waals surface area contributed by atoms with Gasteiger partial charge in [0.25, 0.3) is 10.0 Å². The van der Waals surface area contributed by atoms with Crippen LogP contribution in [0, 0.1) is 11.8 Å². The summed E-state index contributed by atoms with van der Waals surface area (Å²) in [6, 6.07) is -0.0903. The molecule has 8 heteroatoms. The van der Waals surface area contributed by atoms with Crippen LogP contribution in [-0.4, -0.2) is 30.6 Å². The third-order valence-corrected chi connectivity index (χ3v) is 4.51. The van der Waals surface area contributed by atoms with Gasteiger partial charge in [-0.05, 0) is 24.7 Å². The van der Waals surface area contributed by atoms with E-state index in [4.69, 9.17) is 5.73 Å². The van der Waals surface area contributed by atoms with Crippen molar-refractivity contribution in [3.05, 3.63) is 12.5 Å². The Bertz CT molecular complexity index is 525. The molecule has 3 N–H and O–H groups in total.